The van der Waals surface area contributed by atoms with Gasteiger partial charge in [0.15, 0.2) is 9.84 Å². The number of methoxy groups -OCH3 is 2. The van der Waals surface area contributed by atoms with E-state index >= 15 is 0 Å². The first-order valence-electron chi connectivity index (χ1n) is 11.3. The molecule has 0 spiro atoms. The Morgan fingerprint density at radius 3 is 2.30 bits per heavy atom. The van der Waals surface area contributed by atoms with E-state index in [-0.39, 0.29) is 24.5 Å². The quantitative estimate of drug-likeness (QED) is 0.548. The predicted octanol–water partition coefficient (Wildman–Crippen LogP) is 4.43. The summed E-state index contributed by atoms with van der Waals surface area (Å²) < 4.78 is 77.0. The lowest BCUT2D eigenvalue weighted by Gasteiger charge is -2.18. The molecule has 37 heavy (non-hydrogen) atoms. The van der Waals surface area contributed by atoms with Crippen LogP contribution in [0.3, 0.4) is 0 Å². The van der Waals surface area contributed by atoms with Crippen LogP contribution in [-0.2, 0) is 20.8 Å². The van der Waals surface area contributed by atoms with Crippen LogP contribution in [0.5, 0.6) is 5.88 Å². The van der Waals surface area contributed by atoms with E-state index in [0.717, 1.165) is 12.1 Å². The van der Waals surface area contributed by atoms with Gasteiger partial charge in [-0.05, 0) is 55.9 Å². The summed E-state index contributed by atoms with van der Waals surface area (Å²) in [7, 11) is -1.24. The van der Waals surface area contributed by atoms with E-state index in [1.807, 2.05) is 6.07 Å². The van der Waals surface area contributed by atoms with Crippen molar-refractivity contribution in [2.45, 2.75) is 60.1 Å². The van der Waals surface area contributed by atoms with Crippen molar-refractivity contribution in [3.63, 3.8) is 0 Å². The van der Waals surface area contributed by atoms with Crippen LogP contribution >= 0.6 is 0 Å². The summed E-state index contributed by atoms with van der Waals surface area (Å²) in [5, 5.41) is 17.7. The number of benzene rings is 1. The number of ether oxygens (including phenoxy) is 2. The Labute approximate surface area is 212 Å². The Balaban J connectivity index is 0.000000356. The fourth-order valence-corrected chi connectivity index (χ4v) is 6.03. The minimum atomic E-state index is -4.81. The minimum Gasteiger partial charge on any atom is -0.481 e. The number of rotatable bonds is 6. The van der Waals surface area contributed by atoms with Crippen LogP contribution in [-0.4, -0.2) is 55.7 Å². The molecule has 0 saturated heterocycles. The monoisotopic (exact) mass is 541 g/mol. The van der Waals surface area contributed by atoms with Gasteiger partial charge in [-0.2, -0.15) is 18.4 Å². The van der Waals surface area contributed by atoms with Crippen LogP contribution in [0.15, 0.2) is 41.4 Å². The van der Waals surface area contributed by atoms with Crippen molar-refractivity contribution in [1.82, 2.24) is 10.3 Å². The van der Waals surface area contributed by atoms with Crippen molar-refractivity contribution >= 4 is 15.9 Å². The number of carbonyl (C=O) groups is 1. The number of nitrogens with zero attached hydrogens (tertiary/aromatic N) is 2. The Hall–Kier alpha value is -3.37. The standard InChI is InChI=1S/C19H20F3NO4S.C5H6N2O2/c1-26-14-5-6-15(10-14)28(24,25)17-7-3-12(9-16(17)19(20,21)22)13-4-8-18(27-2)23-11-13;6-3-5(1-2-5)7-4(8)9/h3-4,7-9,11,14-15H,5-6,10H2,1-2H3;7H,1-2H2,(H,8,9)/t14-,15-;/m1./s1. The maximum atomic E-state index is 13.7. The number of aromatic nitrogens is 1. The number of hydrogen-bond acceptors (Lipinski definition) is 7. The van der Waals surface area contributed by atoms with E-state index in [0.29, 0.717) is 30.7 Å². The zero-order valence-electron chi connectivity index (χ0n) is 20.1. The molecule has 13 heteroatoms. The molecule has 2 saturated carbocycles. The van der Waals surface area contributed by atoms with Gasteiger partial charge < -0.3 is 19.9 Å². The molecule has 0 aliphatic heterocycles. The highest BCUT2D eigenvalue weighted by Crippen LogP contribution is 2.40. The maximum Gasteiger partial charge on any atom is 0.417 e. The molecule has 0 unspecified atom stereocenters. The Morgan fingerprint density at radius 2 is 1.86 bits per heavy atom. The molecule has 2 aliphatic rings. The van der Waals surface area contributed by atoms with Crippen molar-refractivity contribution in [2.24, 2.45) is 0 Å². The van der Waals surface area contributed by atoms with Gasteiger partial charge in [-0.3, -0.25) is 0 Å². The summed E-state index contributed by atoms with van der Waals surface area (Å²) in [6.07, 6.45) is -2.51. The van der Waals surface area contributed by atoms with Crippen LogP contribution in [0.25, 0.3) is 11.1 Å². The van der Waals surface area contributed by atoms with Crippen molar-refractivity contribution in [3.05, 3.63) is 42.1 Å². The molecular formula is C24H26F3N3O6S. The smallest absolute Gasteiger partial charge is 0.417 e. The number of hydrogen-bond donors (Lipinski definition) is 2. The molecule has 200 valence electrons. The summed E-state index contributed by atoms with van der Waals surface area (Å²) in [6.45, 7) is 0. The Kier molecular flexibility index (Phi) is 8.34. The molecule has 2 fully saturated rings. The first-order chi connectivity index (χ1) is 17.3. The third-order valence-corrected chi connectivity index (χ3v) is 8.56. The molecule has 1 aromatic carbocycles. The van der Waals surface area contributed by atoms with Crippen molar-refractivity contribution in [1.29, 1.82) is 5.26 Å². The zero-order valence-corrected chi connectivity index (χ0v) is 20.9. The number of nitriles is 1. The van der Waals surface area contributed by atoms with Crippen LogP contribution in [0.4, 0.5) is 18.0 Å². The minimum absolute atomic E-state index is 0.195. The second-order valence-corrected chi connectivity index (χ2v) is 11.0. The van der Waals surface area contributed by atoms with Crippen molar-refractivity contribution in [3.8, 4) is 23.1 Å². The SMILES string of the molecule is COc1ccc(-c2ccc(S(=O)(=O)[C@@H]3CC[C@@H](OC)C3)c(C(F)(F)F)c2)cn1.N#CC1(NC(=O)O)CC1. The van der Waals surface area contributed by atoms with E-state index in [1.165, 1.54) is 32.5 Å². The molecule has 1 heterocycles. The van der Waals surface area contributed by atoms with Crippen LogP contribution in [0.2, 0.25) is 0 Å². The molecule has 2 N–H and O–H groups in total. The van der Waals surface area contributed by atoms with Crippen LogP contribution < -0.4 is 10.1 Å². The average Bonchev–Trinajstić information content (AvgIpc) is 3.45. The lowest BCUT2D eigenvalue weighted by atomic mass is 10.0. The number of nitrogens with one attached hydrogen (secondary N) is 1. The Morgan fingerprint density at radius 1 is 1.19 bits per heavy atom. The molecule has 1 aromatic heterocycles. The highest BCUT2D eigenvalue weighted by atomic mass is 32.2. The van der Waals surface area contributed by atoms with Gasteiger partial charge in [0.1, 0.15) is 5.54 Å². The van der Waals surface area contributed by atoms with E-state index in [9.17, 15) is 26.4 Å². The Bertz CT molecular complexity index is 1270. The topological polar surface area (TPSA) is 139 Å². The molecule has 9 nitrogen and oxygen atoms in total. The summed E-state index contributed by atoms with van der Waals surface area (Å²) in [4.78, 5) is 13.2. The molecule has 4 rings (SSSR count). The summed E-state index contributed by atoms with van der Waals surface area (Å²) in [6, 6.07) is 8.25. The fourth-order valence-electron chi connectivity index (χ4n) is 4.02. The molecule has 2 atom stereocenters. The first-order valence-corrected chi connectivity index (χ1v) is 12.8. The van der Waals surface area contributed by atoms with Gasteiger partial charge in [-0.25, -0.2) is 18.2 Å². The summed E-state index contributed by atoms with van der Waals surface area (Å²) in [5.74, 6) is 0.327. The average molecular weight is 542 g/mol. The number of halogens is 3. The van der Waals surface area contributed by atoms with Crippen molar-refractivity contribution in [2.75, 3.05) is 14.2 Å². The van der Waals surface area contributed by atoms with Crippen molar-refractivity contribution < 1.29 is 41.0 Å². The fraction of sp³-hybridized carbons (Fsp3) is 0.458. The van der Waals surface area contributed by atoms with E-state index in [1.54, 1.807) is 6.07 Å². The molecule has 0 radical (unpaired) electrons. The lowest BCUT2D eigenvalue weighted by molar-refractivity contribution is -0.139. The van der Waals surface area contributed by atoms with Gasteiger partial charge in [0.2, 0.25) is 5.88 Å². The van der Waals surface area contributed by atoms with Gasteiger partial charge in [-0.15, -0.1) is 0 Å². The molecular weight excluding hydrogens is 515 g/mol. The number of pyridine rings is 1. The molecule has 2 aliphatic carbocycles. The highest BCUT2D eigenvalue weighted by Gasteiger charge is 2.45. The van der Waals surface area contributed by atoms with Gasteiger partial charge in [0.25, 0.3) is 0 Å². The van der Waals surface area contributed by atoms with Gasteiger partial charge in [-0.1, -0.05) is 6.07 Å². The normalized spacial score (nSPS) is 20.2. The lowest BCUT2D eigenvalue weighted by Crippen LogP contribution is -2.33. The van der Waals surface area contributed by atoms with Crippen LogP contribution in [0.1, 0.15) is 37.7 Å². The second-order valence-electron chi connectivity index (χ2n) is 8.76. The predicted molar refractivity (Wildman–Crippen MR) is 126 cm³/mol. The van der Waals surface area contributed by atoms with E-state index < -0.39 is 43.4 Å². The number of sulfone groups is 1. The third-order valence-electron chi connectivity index (χ3n) is 6.29. The third kappa shape index (κ3) is 6.69. The highest BCUT2D eigenvalue weighted by molar-refractivity contribution is 7.92. The van der Waals surface area contributed by atoms with Gasteiger partial charge >= 0.3 is 12.3 Å². The van der Waals surface area contributed by atoms with Crippen LogP contribution in [0, 0.1) is 11.3 Å². The second kappa shape index (κ2) is 10.9. The summed E-state index contributed by atoms with van der Waals surface area (Å²) >= 11 is 0. The van der Waals surface area contributed by atoms with E-state index in [2.05, 4.69) is 10.3 Å². The molecule has 2 aromatic rings. The van der Waals surface area contributed by atoms with Gasteiger partial charge in [0, 0.05) is 24.9 Å². The number of carboxylic acid groups (broad SMARTS) is 1. The first kappa shape index (κ1) is 28.2. The van der Waals surface area contributed by atoms with Gasteiger partial charge in [0.05, 0.1) is 35.0 Å². The molecule has 0 bridgehead atoms. The summed E-state index contributed by atoms with van der Waals surface area (Å²) in [5.41, 5.74) is -1.24. The largest absolute Gasteiger partial charge is 0.481 e. The number of amides is 1. The molecule has 1 amide bonds. The van der Waals surface area contributed by atoms with E-state index in [4.69, 9.17) is 19.8 Å². The maximum absolute atomic E-state index is 13.7. The zero-order chi connectivity index (χ0) is 27.4. The number of alkyl halides is 3.